The maximum Gasteiger partial charge on any atom is 0.326 e. The molecule has 1 aliphatic rings. The first kappa shape index (κ1) is 29.5. The van der Waals surface area contributed by atoms with Gasteiger partial charge in [0.25, 0.3) is 5.91 Å². The number of halogens is 5. The Morgan fingerprint density at radius 1 is 1.07 bits per heavy atom. The van der Waals surface area contributed by atoms with Gasteiger partial charge in [0.05, 0.1) is 28.6 Å². The lowest BCUT2D eigenvalue weighted by molar-refractivity contribution is -0.139. The number of hydrogen-bond donors (Lipinski definition) is 3. The number of sulfonamides is 1. The van der Waals surface area contributed by atoms with E-state index in [2.05, 4.69) is 5.32 Å². The molecule has 3 aromatic rings. The van der Waals surface area contributed by atoms with Gasteiger partial charge in [-0.15, -0.1) is 0 Å². The second-order valence-corrected chi connectivity index (χ2v) is 11.6. The highest BCUT2D eigenvalue weighted by molar-refractivity contribution is 7.92. The molecule has 0 radical (unpaired) electrons. The van der Waals surface area contributed by atoms with E-state index in [1.807, 2.05) is 4.72 Å². The summed E-state index contributed by atoms with van der Waals surface area (Å²) in [7, 11) is -3.85. The van der Waals surface area contributed by atoms with Crippen LogP contribution in [0.15, 0.2) is 36.4 Å². The second-order valence-electron chi connectivity index (χ2n) is 9.03. The lowest BCUT2D eigenvalue weighted by Crippen LogP contribution is -2.43. The van der Waals surface area contributed by atoms with Gasteiger partial charge < -0.3 is 15.2 Å². The first-order chi connectivity index (χ1) is 18.7. The summed E-state index contributed by atoms with van der Waals surface area (Å²) < 4.78 is 73.4. The monoisotopic (exact) mass is 616 g/mol. The number of carbonyl (C=O) groups excluding carboxylic acids is 1. The smallest absolute Gasteiger partial charge is 0.326 e. The molecule has 0 bridgehead atoms. The van der Waals surface area contributed by atoms with E-state index in [4.69, 9.17) is 27.9 Å². The van der Waals surface area contributed by atoms with Crippen LogP contribution in [-0.4, -0.2) is 44.3 Å². The van der Waals surface area contributed by atoms with Crippen LogP contribution in [0.25, 0.3) is 11.1 Å². The molecule has 0 fully saturated rings. The molecule has 0 saturated carbocycles. The van der Waals surface area contributed by atoms with E-state index in [1.165, 1.54) is 0 Å². The molecule has 1 amide bonds. The zero-order chi connectivity index (χ0) is 29.4. The molecule has 14 heteroatoms. The molecular formula is C26H21Cl2F3N2O6S. The number of hydrogen-bond acceptors (Lipinski definition) is 5. The van der Waals surface area contributed by atoms with Crippen molar-refractivity contribution < 1.29 is 41.0 Å². The number of nitrogens with one attached hydrogen (secondary N) is 2. The van der Waals surface area contributed by atoms with Gasteiger partial charge >= 0.3 is 5.97 Å². The molecule has 1 atom stereocenters. The second kappa shape index (κ2) is 11.6. The van der Waals surface area contributed by atoms with Crippen LogP contribution in [0, 0.1) is 17.5 Å². The number of aliphatic carboxylic acids is 1. The highest BCUT2D eigenvalue weighted by Crippen LogP contribution is 2.44. The summed E-state index contributed by atoms with van der Waals surface area (Å²) in [5, 5.41) is 12.0. The summed E-state index contributed by atoms with van der Waals surface area (Å²) in [6.45, 7) is 0.349. The molecule has 40 heavy (non-hydrogen) atoms. The molecule has 212 valence electrons. The number of rotatable bonds is 8. The number of fused-ring (bicyclic) bond motifs is 1. The third-order valence-electron chi connectivity index (χ3n) is 6.05. The van der Waals surface area contributed by atoms with Crippen molar-refractivity contribution in [2.45, 2.75) is 25.3 Å². The van der Waals surface area contributed by atoms with E-state index in [1.54, 1.807) is 12.1 Å². The van der Waals surface area contributed by atoms with Crippen LogP contribution in [0.5, 0.6) is 5.75 Å². The normalized spacial score (nSPS) is 13.7. The minimum Gasteiger partial charge on any atom is -0.493 e. The summed E-state index contributed by atoms with van der Waals surface area (Å²) in [6.07, 6.45) is 1.59. The maximum atomic E-state index is 14.6. The van der Waals surface area contributed by atoms with Crippen LogP contribution >= 0.6 is 23.2 Å². The molecule has 0 aliphatic carbocycles. The van der Waals surface area contributed by atoms with Gasteiger partial charge in [0.15, 0.2) is 0 Å². The average Bonchev–Trinajstić information content (AvgIpc) is 2.82. The van der Waals surface area contributed by atoms with E-state index in [0.29, 0.717) is 59.6 Å². The zero-order valence-corrected chi connectivity index (χ0v) is 23.0. The highest BCUT2D eigenvalue weighted by Gasteiger charge is 2.29. The predicted molar refractivity (Wildman–Crippen MR) is 143 cm³/mol. The van der Waals surface area contributed by atoms with Crippen molar-refractivity contribution in [3.05, 3.63) is 80.6 Å². The standard InChI is InChI=1S/C26H21Cl2F3N2O6S/c1-40(37,38)33-14-10-19(30)23(20(31)11-14)25(34)32-21(26(35)36)7-12-4-5-16(24-15(12)3-2-6-39-24)22-17(27)8-13(29)9-18(22)28/h4-5,8-11,21,33H,2-3,6-7H2,1H3,(H,32,34)(H,35,36)/t21-/m0/s1. The minimum absolute atomic E-state index is 0.0478. The molecule has 1 aliphatic heterocycles. The van der Waals surface area contributed by atoms with Gasteiger partial charge in [-0.1, -0.05) is 35.3 Å². The minimum atomic E-state index is -3.85. The van der Waals surface area contributed by atoms with Gasteiger partial charge in [-0.05, 0) is 48.2 Å². The average molecular weight is 617 g/mol. The molecule has 0 saturated heterocycles. The van der Waals surface area contributed by atoms with E-state index in [0.717, 1.165) is 18.4 Å². The van der Waals surface area contributed by atoms with Gasteiger partial charge in [0.1, 0.15) is 34.8 Å². The molecule has 4 rings (SSSR count). The molecule has 0 unspecified atom stereocenters. The Balaban J connectivity index is 1.65. The third kappa shape index (κ3) is 6.45. The maximum absolute atomic E-state index is 14.6. The Morgan fingerprint density at radius 2 is 1.70 bits per heavy atom. The topological polar surface area (TPSA) is 122 Å². The molecule has 3 N–H and O–H groups in total. The van der Waals surface area contributed by atoms with Crippen LogP contribution in [0.3, 0.4) is 0 Å². The fourth-order valence-corrected chi connectivity index (χ4v) is 5.64. The van der Waals surface area contributed by atoms with Crippen LogP contribution in [0.4, 0.5) is 18.9 Å². The van der Waals surface area contributed by atoms with Crippen molar-refractivity contribution >= 4 is 50.8 Å². The number of ether oxygens (including phenoxy) is 1. The zero-order valence-electron chi connectivity index (χ0n) is 20.7. The van der Waals surface area contributed by atoms with Gasteiger partial charge in [-0.3, -0.25) is 9.52 Å². The van der Waals surface area contributed by atoms with E-state index in [9.17, 15) is 36.3 Å². The van der Waals surface area contributed by atoms with Crippen molar-refractivity contribution in [3.63, 3.8) is 0 Å². The summed E-state index contributed by atoms with van der Waals surface area (Å²) in [5.74, 6) is -5.85. The van der Waals surface area contributed by atoms with E-state index in [-0.39, 0.29) is 16.5 Å². The van der Waals surface area contributed by atoms with E-state index < -0.39 is 56.6 Å². The SMILES string of the molecule is CS(=O)(=O)Nc1cc(F)c(C(=O)N[C@@H](Cc2ccc(-c3c(Cl)cc(F)cc3Cl)c3c2CCCO3)C(=O)O)c(F)c1. The highest BCUT2D eigenvalue weighted by atomic mass is 35.5. The van der Waals surface area contributed by atoms with Crippen molar-refractivity contribution in [1.82, 2.24) is 5.32 Å². The molecule has 3 aromatic carbocycles. The molecular weight excluding hydrogens is 596 g/mol. The number of anilines is 1. The molecule has 1 heterocycles. The number of benzene rings is 3. The van der Waals surface area contributed by atoms with Gasteiger partial charge in [-0.25, -0.2) is 26.4 Å². The lowest BCUT2D eigenvalue weighted by Gasteiger charge is -2.25. The van der Waals surface area contributed by atoms with Crippen LogP contribution in [-0.2, 0) is 27.7 Å². The van der Waals surface area contributed by atoms with Gasteiger partial charge in [0, 0.05) is 17.5 Å². The summed E-state index contributed by atoms with van der Waals surface area (Å²) in [5.41, 5.74) is 0.375. The number of amides is 1. The number of carboxylic acids is 1. The Bertz CT molecular complexity index is 1590. The van der Waals surface area contributed by atoms with Crippen LogP contribution in [0.2, 0.25) is 10.0 Å². The van der Waals surface area contributed by atoms with E-state index >= 15 is 0 Å². The summed E-state index contributed by atoms with van der Waals surface area (Å²) in [6, 6.07) is 4.98. The summed E-state index contributed by atoms with van der Waals surface area (Å²) in [4.78, 5) is 24.8. The first-order valence-electron chi connectivity index (χ1n) is 11.7. The van der Waals surface area contributed by atoms with Crippen molar-refractivity contribution in [2.24, 2.45) is 0 Å². The Kier molecular flexibility index (Phi) is 8.52. The van der Waals surface area contributed by atoms with Crippen molar-refractivity contribution in [2.75, 3.05) is 17.6 Å². The fraction of sp³-hybridized carbons (Fsp3) is 0.231. The molecule has 0 spiro atoms. The van der Waals surface area contributed by atoms with Crippen LogP contribution < -0.4 is 14.8 Å². The Hall–Kier alpha value is -3.48. The van der Waals surface area contributed by atoms with Crippen LogP contribution in [0.1, 0.15) is 27.9 Å². The fourth-order valence-electron chi connectivity index (χ4n) is 4.43. The van der Waals surface area contributed by atoms with Crippen molar-refractivity contribution in [1.29, 1.82) is 0 Å². The molecule has 8 nitrogen and oxygen atoms in total. The Labute approximate surface area is 237 Å². The Morgan fingerprint density at radius 3 is 2.27 bits per heavy atom. The van der Waals surface area contributed by atoms with Crippen molar-refractivity contribution in [3.8, 4) is 16.9 Å². The first-order valence-corrected chi connectivity index (χ1v) is 14.3. The molecule has 0 aromatic heterocycles. The van der Waals surface area contributed by atoms with Gasteiger partial charge in [0.2, 0.25) is 10.0 Å². The predicted octanol–water partition coefficient (Wildman–Crippen LogP) is 5.20. The number of carboxylic acid groups (broad SMARTS) is 1. The lowest BCUT2D eigenvalue weighted by atomic mass is 9.90. The van der Waals surface area contributed by atoms with Gasteiger partial charge in [-0.2, -0.15) is 0 Å². The summed E-state index contributed by atoms with van der Waals surface area (Å²) >= 11 is 12.5. The number of carbonyl (C=O) groups is 2. The largest absolute Gasteiger partial charge is 0.493 e. The third-order valence-corrected chi connectivity index (χ3v) is 7.25. The quantitative estimate of drug-likeness (QED) is 0.320.